The van der Waals surface area contributed by atoms with Crippen LogP contribution in [0.2, 0.25) is 0 Å². The van der Waals surface area contributed by atoms with Crippen molar-refractivity contribution in [1.82, 2.24) is 5.32 Å². The molecule has 0 bridgehead atoms. The van der Waals surface area contributed by atoms with E-state index in [1.54, 1.807) is 24.3 Å². The molecule has 108 valence electrons. The van der Waals surface area contributed by atoms with Crippen LogP contribution < -0.4 is 11.1 Å². The molecule has 2 aromatic rings. The maximum atomic E-state index is 12.0. The van der Waals surface area contributed by atoms with Crippen LogP contribution in [0.4, 0.5) is 0 Å². The smallest absolute Gasteiger partial charge is 0.251 e. The second-order valence-corrected chi connectivity index (χ2v) is 5.29. The second-order valence-electron chi connectivity index (χ2n) is 4.38. The normalized spacial score (nSPS) is 11.2. The van der Waals surface area contributed by atoms with Gasteiger partial charge < -0.3 is 16.3 Å². The lowest BCUT2D eigenvalue weighted by Crippen LogP contribution is -2.22. The number of carbonyl (C=O) groups is 1. The summed E-state index contributed by atoms with van der Waals surface area (Å²) in [4.78, 5) is 12.0. The molecule has 21 heavy (non-hydrogen) atoms. The summed E-state index contributed by atoms with van der Waals surface area (Å²) in [6.07, 6.45) is 0. The van der Waals surface area contributed by atoms with Gasteiger partial charge in [0.1, 0.15) is 0 Å². The van der Waals surface area contributed by atoms with Gasteiger partial charge >= 0.3 is 0 Å². The van der Waals surface area contributed by atoms with Crippen molar-refractivity contribution in [3.8, 4) is 0 Å². The van der Waals surface area contributed by atoms with E-state index >= 15 is 0 Å². The number of carbonyl (C=O) groups excluding carboxylic acids is 1. The minimum absolute atomic E-state index is 0.0553. The van der Waals surface area contributed by atoms with E-state index in [9.17, 15) is 4.79 Å². The zero-order valence-electron chi connectivity index (χ0n) is 11.1. The van der Waals surface area contributed by atoms with Crippen LogP contribution in [0, 0.1) is 0 Å². The molecule has 0 radical (unpaired) electrons. The fraction of sp³-hybridized carbons (Fsp3) is 0.0667. The number of hydrogen-bond acceptors (Lipinski definition) is 3. The fourth-order valence-corrected chi connectivity index (χ4v) is 2.16. The number of nitrogens with one attached hydrogen (secondary N) is 1. The van der Waals surface area contributed by atoms with Crippen LogP contribution in [0.25, 0.3) is 0 Å². The number of nitrogens with zero attached hydrogens (tertiary/aromatic N) is 1. The summed E-state index contributed by atoms with van der Waals surface area (Å²) in [5, 5.41) is 14.3. The summed E-state index contributed by atoms with van der Waals surface area (Å²) in [5.74, 6) is -0.0865. The Morgan fingerprint density at radius 1 is 1.19 bits per heavy atom. The summed E-state index contributed by atoms with van der Waals surface area (Å²) in [6, 6.07) is 14.3. The van der Waals surface area contributed by atoms with Crippen molar-refractivity contribution in [2.75, 3.05) is 0 Å². The van der Waals surface area contributed by atoms with Gasteiger partial charge in [-0.3, -0.25) is 4.79 Å². The van der Waals surface area contributed by atoms with Crippen LogP contribution in [0.15, 0.2) is 58.2 Å². The zero-order chi connectivity index (χ0) is 15.2. The summed E-state index contributed by atoms with van der Waals surface area (Å²) in [5.41, 5.74) is 7.63. The van der Waals surface area contributed by atoms with Gasteiger partial charge in [-0.25, -0.2) is 0 Å². The number of nitrogens with two attached hydrogens (primary N) is 1. The number of benzene rings is 2. The first kappa shape index (κ1) is 15.1. The molecule has 6 heteroatoms. The molecular weight excluding hydrogens is 334 g/mol. The van der Waals surface area contributed by atoms with E-state index in [2.05, 4.69) is 26.4 Å². The lowest BCUT2D eigenvalue weighted by atomic mass is 10.1. The summed E-state index contributed by atoms with van der Waals surface area (Å²) < 4.78 is 0.860. The molecule has 0 saturated carbocycles. The molecule has 0 aliphatic carbocycles. The van der Waals surface area contributed by atoms with Gasteiger partial charge in [0.2, 0.25) is 0 Å². The number of oxime groups is 1. The van der Waals surface area contributed by atoms with Gasteiger partial charge in [-0.15, -0.1) is 0 Å². The Bertz CT molecular complexity index is 669. The highest BCUT2D eigenvalue weighted by molar-refractivity contribution is 9.10. The largest absolute Gasteiger partial charge is 0.409 e. The van der Waals surface area contributed by atoms with Crippen LogP contribution in [0.1, 0.15) is 21.5 Å². The predicted molar refractivity (Wildman–Crippen MR) is 84.3 cm³/mol. The topological polar surface area (TPSA) is 87.7 Å². The molecule has 2 aromatic carbocycles. The third-order valence-corrected chi connectivity index (χ3v) is 3.39. The number of halogens is 1. The van der Waals surface area contributed by atoms with Gasteiger partial charge in [-0.1, -0.05) is 51.4 Å². The Morgan fingerprint density at radius 2 is 1.90 bits per heavy atom. The van der Waals surface area contributed by atoms with Gasteiger partial charge in [0, 0.05) is 22.1 Å². The maximum Gasteiger partial charge on any atom is 0.251 e. The quantitative estimate of drug-likeness (QED) is 0.343. The Labute approximate surface area is 130 Å². The Morgan fingerprint density at radius 3 is 2.52 bits per heavy atom. The summed E-state index contributed by atoms with van der Waals surface area (Å²) in [6.45, 7) is 0.405. The molecule has 4 N–H and O–H groups in total. The highest BCUT2D eigenvalue weighted by Gasteiger charge is 2.05. The van der Waals surface area contributed by atoms with E-state index in [4.69, 9.17) is 10.9 Å². The molecule has 0 aromatic heterocycles. The first-order chi connectivity index (χ1) is 10.1. The molecule has 0 unspecified atom stereocenters. The zero-order valence-corrected chi connectivity index (χ0v) is 12.7. The molecule has 0 fully saturated rings. The Kier molecular flexibility index (Phi) is 4.94. The minimum atomic E-state index is -0.142. The predicted octanol–water partition coefficient (Wildman–Crippen LogP) is 2.47. The number of hydrogen-bond donors (Lipinski definition) is 3. The highest BCUT2D eigenvalue weighted by atomic mass is 79.9. The van der Waals surface area contributed by atoms with Crippen LogP contribution in [0.5, 0.6) is 0 Å². The highest BCUT2D eigenvalue weighted by Crippen LogP contribution is 2.11. The van der Waals surface area contributed by atoms with Gasteiger partial charge in [0.15, 0.2) is 5.84 Å². The van der Waals surface area contributed by atoms with E-state index in [0.717, 1.165) is 10.0 Å². The monoisotopic (exact) mass is 347 g/mol. The van der Waals surface area contributed by atoms with Crippen molar-refractivity contribution in [2.24, 2.45) is 10.9 Å². The summed E-state index contributed by atoms with van der Waals surface area (Å²) >= 11 is 3.33. The molecule has 0 aliphatic heterocycles. The van der Waals surface area contributed by atoms with Gasteiger partial charge in [0.25, 0.3) is 5.91 Å². The van der Waals surface area contributed by atoms with E-state index in [1.807, 2.05) is 24.3 Å². The molecule has 0 heterocycles. The Hall–Kier alpha value is -2.34. The third-order valence-electron chi connectivity index (χ3n) is 2.90. The first-order valence-corrected chi connectivity index (χ1v) is 7.00. The van der Waals surface area contributed by atoms with Gasteiger partial charge in [-0.05, 0) is 23.8 Å². The first-order valence-electron chi connectivity index (χ1n) is 6.21. The van der Waals surface area contributed by atoms with Crippen molar-refractivity contribution in [3.05, 3.63) is 69.7 Å². The van der Waals surface area contributed by atoms with Crippen molar-refractivity contribution in [2.45, 2.75) is 6.54 Å². The molecule has 0 saturated heterocycles. The maximum absolute atomic E-state index is 12.0. The van der Waals surface area contributed by atoms with E-state index < -0.39 is 0 Å². The SMILES string of the molecule is NC(=NO)c1ccc(CNC(=O)c2cccc(Br)c2)cc1. The van der Waals surface area contributed by atoms with E-state index in [0.29, 0.717) is 17.7 Å². The van der Waals surface area contributed by atoms with Gasteiger partial charge in [-0.2, -0.15) is 0 Å². The molecule has 5 nitrogen and oxygen atoms in total. The summed E-state index contributed by atoms with van der Waals surface area (Å²) in [7, 11) is 0. The molecule has 0 aliphatic rings. The van der Waals surface area contributed by atoms with E-state index in [1.165, 1.54) is 0 Å². The number of amides is 1. The van der Waals surface area contributed by atoms with Crippen molar-refractivity contribution >= 4 is 27.7 Å². The fourth-order valence-electron chi connectivity index (χ4n) is 1.77. The van der Waals surface area contributed by atoms with Crippen LogP contribution in [0.3, 0.4) is 0 Å². The second kappa shape index (κ2) is 6.90. The Balaban J connectivity index is 1.98. The molecule has 0 atom stereocenters. The molecule has 1 amide bonds. The van der Waals surface area contributed by atoms with Crippen LogP contribution in [-0.4, -0.2) is 17.0 Å². The third kappa shape index (κ3) is 4.06. The number of amidine groups is 1. The van der Waals surface area contributed by atoms with E-state index in [-0.39, 0.29) is 11.7 Å². The van der Waals surface area contributed by atoms with Gasteiger partial charge in [0.05, 0.1) is 0 Å². The number of rotatable bonds is 4. The molecular formula is C15H14BrN3O2. The van der Waals surface area contributed by atoms with Crippen LogP contribution >= 0.6 is 15.9 Å². The average Bonchev–Trinajstić information content (AvgIpc) is 2.52. The lowest BCUT2D eigenvalue weighted by Gasteiger charge is -2.06. The lowest BCUT2D eigenvalue weighted by molar-refractivity contribution is 0.0951. The molecule has 0 spiro atoms. The van der Waals surface area contributed by atoms with Crippen molar-refractivity contribution < 1.29 is 10.0 Å². The standard InChI is InChI=1S/C15H14BrN3O2/c16-13-3-1-2-12(8-13)15(20)18-9-10-4-6-11(7-5-10)14(17)19-21/h1-8,21H,9H2,(H2,17,19)(H,18,20). The van der Waals surface area contributed by atoms with Crippen molar-refractivity contribution in [1.29, 1.82) is 0 Å². The average molecular weight is 348 g/mol. The minimum Gasteiger partial charge on any atom is -0.409 e. The van der Waals surface area contributed by atoms with Crippen LogP contribution in [-0.2, 0) is 6.54 Å². The van der Waals surface area contributed by atoms with Crippen molar-refractivity contribution in [3.63, 3.8) is 0 Å². The molecule has 2 rings (SSSR count).